The van der Waals surface area contributed by atoms with Crippen LogP contribution in [0.3, 0.4) is 0 Å². The van der Waals surface area contributed by atoms with Gasteiger partial charge in [-0.25, -0.2) is 4.99 Å². The van der Waals surface area contributed by atoms with Crippen LogP contribution in [-0.4, -0.2) is 51.8 Å². The fraction of sp³-hybridized carbons (Fsp3) is 0.381. The van der Waals surface area contributed by atoms with Gasteiger partial charge in [-0.05, 0) is 37.1 Å². The maximum absolute atomic E-state index is 12.0. The van der Waals surface area contributed by atoms with Crippen molar-refractivity contribution in [1.29, 1.82) is 0 Å². The Bertz CT molecular complexity index is 926. The van der Waals surface area contributed by atoms with Crippen molar-refractivity contribution in [3.05, 3.63) is 64.7 Å². The van der Waals surface area contributed by atoms with E-state index in [9.17, 15) is 4.79 Å². The molecule has 1 fully saturated rings. The third kappa shape index (κ3) is 4.52. The summed E-state index contributed by atoms with van der Waals surface area (Å²) in [5.74, 6) is 0.921. The molecule has 2 aromatic heterocycles. The van der Waals surface area contributed by atoms with Gasteiger partial charge in [0.1, 0.15) is 5.84 Å². The van der Waals surface area contributed by atoms with Gasteiger partial charge in [0.2, 0.25) is 0 Å². The van der Waals surface area contributed by atoms with Gasteiger partial charge in [0.05, 0.1) is 11.0 Å². The average molecular weight is 367 g/mol. The lowest BCUT2D eigenvalue weighted by molar-refractivity contribution is 0.176. The summed E-state index contributed by atoms with van der Waals surface area (Å²) >= 11 is 0. The van der Waals surface area contributed by atoms with Gasteiger partial charge in [-0.15, -0.1) is 0 Å². The van der Waals surface area contributed by atoms with Crippen molar-refractivity contribution < 1.29 is 1.43 Å². The van der Waals surface area contributed by atoms with Crippen molar-refractivity contribution in [2.45, 2.75) is 26.8 Å². The Hall–Kier alpha value is -2.73. The lowest BCUT2D eigenvalue weighted by atomic mass is 10.1. The van der Waals surface area contributed by atoms with E-state index in [1.54, 1.807) is 6.20 Å². The molecule has 0 atom stereocenters. The summed E-state index contributed by atoms with van der Waals surface area (Å²) in [5, 5.41) is 0. The second-order valence-corrected chi connectivity index (χ2v) is 6.69. The van der Waals surface area contributed by atoms with Crippen LogP contribution in [0, 0.1) is 0 Å². The van der Waals surface area contributed by atoms with E-state index in [0.717, 1.165) is 60.7 Å². The van der Waals surface area contributed by atoms with Crippen molar-refractivity contribution in [2.75, 3.05) is 26.2 Å². The van der Waals surface area contributed by atoms with Crippen LogP contribution in [0.15, 0.2) is 53.0 Å². The van der Waals surface area contributed by atoms with Crippen LogP contribution < -0.4 is 5.56 Å². The number of nitrogens with zero attached hydrogens (tertiary/aromatic N) is 4. The Morgan fingerprint density at radius 1 is 1.37 bits per heavy atom. The number of aromatic nitrogens is 2. The van der Waals surface area contributed by atoms with Gasteiger partial charge in [0.25, 0.3) is 5.56 Å². The van der Waals surface area contributed by atoms with Crippen LogP contribution in [-0.2, 0) is 13.0 Å². The third-order valence-electron chi connectivity index (χ3n) is 4.85. The number of hydrogen-bond acceptors (Lipinski definition) is 4. The lowest BCUT2D eigenvalue weighted by Gasteiger charge is -2.35. The van der Waals surface area contributed by atoms with E-state index in [-0.39, 0.29) is 6.99 Å². The molecule has 0 aromatic carbocycles. The normalized spacial score (nSPS) is 16.4. The highest BCUT2D eigenvalue weighted by atomic mass is 16.1. The van der Waals surface area contributed by atoms with Crippen LogP contribution in [0.5, 0.6) is 0 Å². The number of aliphatic imine (C=N–C) groups is 1. The predicted octanol–water partition coefficient (Wildman–Crippen LogP) is 2.97. The Morgan fingerprint density at radius 3 is 2.81 bits per heavy atom. The molecule has 6 heteroatoms. The number of H-pyrrole nitrogens is 1. The van der Waals surface area contributed by atoms with Crippen LogP contribution in [0.25, 0.3) is 11.0 Å². The Kier molecular flexibility index (Phi) is 6.19. The fourth-order valence-electron chi connectivity index (χ4n) is 3.32. The molecule has 0 radical (unpaired) electrons. The number of rotatable bonds is 5. The van der Waals surface area contributed by atoms with Gasteiger partial charge in [0.15, 0.2) is 0 Å². The summed E-state index contributed by atoms with van der Waals surface area (Å²) in [4.78, 5) is 28.6. The molecule has 2 aromatic rings. The molecule has 0 amide bonds. The molecule has 6 nitrogen and oxygen atoms in total. The molecule has 3 heterocycles. The lowest BCUT2D eigenvalue weighted by Crippen LogP contribution is -2.47. The maximum atomic E-state index is 12.0. The Labute approximate surface area is 161 Å². The molecule has 1 saturated heterocycles. The number of aryl methyl sites for hydroxylation is 1. The van der Waals surface area contributed by atoms with Crippen molar-refractivity contribution in [3.8, 4) is 0 Å². The van der Waals surface area contributed by atoms with Crippen molar-refractivity contribution in [3.63, 3.8) is 0 Å². The molecule has 1 N–H and O–H groups in total. The standard InChI is InChI=1S/C21H27N5O.H2/c1-4-7-22-20(6-3)26-10-8-25(9-11-26)15-16-12-19-18(23-14-16)13-17(5-2)21(27)24-19;/h4,6-7,12-14H,3,5,8-11,15H2,1-2H3,(H,24,27);1H/b7-4-,22-20?;. The SMILES string of the molecule is C=CC(=N/C=C\C)N1CCN(Cc2cnc3cc(CC)c(=O)[nH]c3c2)CC1.[HH]. The summed E-state index contributed by atoms with van der Waals surface area (Å²) in [6.45, 7) is 12.4. The number of hydrogen-bond donors (Lipinski definition) is 1. The van der Waals surface area contributed by atoms with Crippen molar-refractivity contribution in [1.82, 2.24) is 19.8 Å². The maximum Gasteiger partial charge on any atom is 0.251 e. The molecule has 27 heavy (non-hydrogen) atoms. The van der Waals surface area contributed by atoms with Gasteiger partial charge in [-0.3, -0.25) is 14.7 Å². The van der Waals surface area contributed by atoms with E-state index in [1.165, 1.54) is 0 Å². The monoisotopic (exact) mass is 367 g/mol. The Morgan fingerprint density at radius 2 is 2.15 bits per heavy atom. The zero-order chi connectivity index (χ0) is 19.2. The number of piperazine rings is 1. The highest BCUT2D eigenvalue weighted by Gasteiger charge is 2.18. The molecule has 0 bridgehead atoms. The molecular weight excluding hydrogens is 338 g/mol. The van der Waals surface area contributed by atoms with Crippen LogP contribution in [0.4, 0.5) is 0 Å². The minimum Gasteiger partial charge on any atom is -0.354 e. The van der Waals surface area contributed by atoms with E-state index in [2.05, 4.69) is 31.3 Å². The molecule has 144 valence electrons. The van der Waals surface area contributed by atoms with E-state index in [0.29, 0.717) is 6.42 Å². The largest absolute Gasteiger partial charge is 0.354 e. The van der Waals surface area contributed by atoms with Gasteiger partial charge < -0.3 is 9.88 Å². The number of pyridine rings is 2. The fourth-order valence-corrected chi connectivity index (χ4v) is 3.32. The summed E-state index contributed by atoms with van der Waals surface area (Å²) in [7, 11) is 0. The molecule has 1 aliphatic heterocycles. The van der Waals surface area contributed by atoms with E-state index in [4.69, 9.17) is 0 Å². The first-order chi connectivity index (χ1) is 13.1. The van der Waals surface area contributed by atoms with Crippen molar-refractivity contribution >= 4 is 16.9 Å². The van der Waals surface area contributed by atoms with Crippen LogP contribution in [0.2, 0.25) is 0 Å². The minimum absolute atomic E-state index is 0. The quantitative estimate of drug-likeness (QED) is 0.652. The molecule has 3 rings (SSSR count). The summed E-state index contributed by atoms with van der Waals surface area (Å²) in [6, 6.07) is 3.93. The molecular formula is C21H29N5O. The zero-order valence-corrected chi connectivity index (χ0v) is 16.1. The van der Waals surface area contributed by atoms with E-state index in [1.807, 2.05) is 44.3 Å². The molecule has 0 spiro atoms. The number of nitrogens with one attached hydrogen (secondary N) is 1. The summed E-state index contributed by atoms with van der Waals surface area (Å²) < 4.78 is 0. The number of fused-ring (bicyclic) bond motifs is 1. The number of aromatic amines is 1. The highest BCUT2D eigenvalue weighted by molar-refractivity contribution is 5.93. The topological polar surface area (TPSA) is 64.6 Å². The number of allylic oxidation sites excluding steroid dienone is 1. The second kappa shape index (κ2) is 8.77. The molecule has 0 aliphatic carbocycles. The first-order valence-corrected chi connectivity index (χ1v) is 9.44. The highest BCUT2D eigenvalue weighted by Crippen LogP contribution is 2.14. The number of amidine groups is 1. The Balaban J connectivity index is 0.00000280. The van der Waals surface area contributed by atoms with Crippen molar-refractivity contribution in [2.24, 2.45) is 4.99 Å². The molecule has 0 unspecified atom stereocenters. The molecule has 1 aliphatic rings. The summed E-state index contributed by atoms with van der Waals surface area (Å²) in [6.07, 6.45) is 8.15. The first-order valence-electron chi connectivity index (χ1n) is 9.44. The first kappa shape index (κ1) is 19.0. The molecule has 0 saturated carbocycles. The summed E-state index contributed by atoms with van der Waals surface area (Å²) in [5.41, 5.74) is 3.52. The van der Waals surface area contributed by atoms with Crippen LogP contribution in [0.1, 0.15) is 26.4 Å². The van der Waals surface area contributed by atoms with E-state index >= 15 is 0 Å². The smallest absolute Gasteiger partial charge is 0.251 e. The van der Waals surface area contributed by atoms with Crippen LogP contribution >= 0.6 is 0 Å². The van der Waals surface area contributed by atoms with E-state index < -0.39 is 0 Å². The average Bonchev–Trinajstić information content (AvgIpc) is 2.69. The third-order valence-corrected chi connectivity index (χ3v) is 4.85. The van der Waals surface area contributed by atoms with Gasteiger partial charge >= 0.3 is 0 Å². The van der Waals surface area contributed by atoms with Gasteiger partial charge in [-0.1, -0.05) is 19.6 Å². The predicted molar refractivity (Wildman–Crippen MR) is 113 cm³/mol. The second-order valence-electron chi connectivity index (χ2n) is 6.69. The minimum atomic E-state index is -0.0186. The van der Waals surface area contributed by atoms with Gasteiger partial charge in [-0.2, -0.15) is 0 Å². The van der Waals surface area contributed by atoms with Gasteiger partial charge in [0, 0.05) is 52.1 Å². The zero-order valence-electron chi connectivity index (χ0n) is 16.1.